The minimum absolute atomic E-state index is 0.181. The van der Waals surface area contributed by atoms with Crippen LogP contribution in [0.15, 0.2) is 24.3 Å². The molecule has 10 heavy (non-hydrogen) atoms. The predicted molar refractivity (Wildman–Crippen MR) is 38.6 cm³/mol. The highest BCUT2D eigenvalue weighted by atomic mass is 16.4. The summed E-state index contributed by atoms with van der Waals surface area (Å²) in [5, 5.41) is 8.47. The van der Waals surface area contributed by atoms with E-state index in [9.17, 15) is 4.79 Å². The molecule has 0 radical (unpaired) electrons. The van der Waals surface area contributed by atoms with Gasteiger partial charge in [0.2, 0.25) is 0 Å². The van der Waals surface area contributed by atoms with E-state index in [1.807, 2.05) is 31.2 Å². The molecule has 0 aliphatic heterocycles. The van der Waals surface area contributed by atoms with Crippen LogP contribution >= 0.6 is 0 Å². The molecule has 1 aliphatic rings. The first-order valence-corrected chi connectivity index (χ1v) is 3.21. The van der Waals surface area contributed by atoms with Crippen molar-refractivity contribution in [2.75, 3.05) is 0 Å². The zero-order chi connectivity index (χ0) is 7.61. The average molecular weight is 138 g/mol. The largest absolute Gasteiger partial charge is 0.481 e. The van der Waals surface area contributed by atoms with Crippen LogP contribution in [-0.2, 0) is 4.79 Å². The highest BCUT2D eigenvalue weighted by molar-refractivity contribution is 5.68. The van der Waals surface area contributed by atoms with Crippen molar-refractivity contribution in [2.45, 2.75) is 13.3 Å². The summed E-state index contributed by atoms with van der Waals surface area (Å²) < 4.78 is 0. The molecule has 54 valence electrons. The number of hydrogen-bond donors (Lipinski definition) is 1. The molecule has 2 nitrogen and oxygen atoms in total. The fraction of sp³-hybridized carbons (Fsp3) is 0.375. The van der Waals surface area contributed by atoms with Gasteiger partial charge in [0.15, 0.2) is 0 Å². The van der Waals surface area contributed by atoms with Crippen molar-refractivity contribution in [3.8, 4) is 0 Å². The van der Waals surface area contributed by atoms with Crippen molar-refractivity contribution in [1.82, 2.24) is 0 Å². The molecule has 0 aromatic carbocycles. The average Bonchev–Trinajstić information content (AvgIpc) is 2.12. The molecule has 0 spiro atoms. The zero-order valence-electron chi connectivity index (χ0n) is 5.87. The van der Waals surface area contributed by atoms with Crippen LogP contribution in [0.5, 0.6) is 0 Å². The number of allylic oxidation sites excluding steroid dienone is 4. The lowest BCUT2D eigenvalue weighted by Crippen LogP contribution is -2.13. The summed E-state index contributed by atoms with van der Waals surface area (Å²) in [6.07, 6.45) is 7.74. The van der Waals surface area contributed by atoms with E-state index in [2.05, 4.69) is 0 Å². The Morgan fingerprint density at radius 3 is 2.40 bits per heavy atom. The lowest BCUT2D eigenvalue weighted by molar-refractivity contribution is -0.138. The molecular formula is C8H10O2. The molecule has 0 heterocycles. The van der Waals surface area contributed by atoms with E-state index in [-0.39, 0.29) is 11.8 Å². The first-order valence-electron chi connectivity index (χ1n) is 3.21. The van der Waals surface area contributed by atoms with Crippen LogP contribution in [0.4, 0.5) is 0 Å². The minimum Gasteiger partial charge on any atom is -0.481 e. The summed E-state index contributed by atoms with van der Waals surface area (Å²) >= 11 is 0. The Hall–Kier alpha value is -1.05. The normalized spacial score (nSPS) is 19.7. The van der Waals surface area contributed by atoms with Crippen LogP contribution in [0.2, 0.25) is 0 Å². The van der Waals surface area contributed by atoms with Gasteiger partial charge in [-0.15, -0.1) is 0 Å². The van der Waals surface area contributed by atoms with E-state index in [4.69, 9.17) is 5.11 Å². The Balaban J connectivity index is 2.62. The highest BCUT2D eigenvalue weighted by Crippen LogP contribution is 2.28. The van der Waals surface area contributed by atoms with Gasteiger partial charge in [0.1, 0.15) is 0 Å². The maximum atomic E-state index is 10.3. The van der Waals surface area contributed by atoms with Gasteiger partial charge < -0.3 is 5.11 Å². The summed E-state index contributed by atoms with van der Waals surface area (Å²) in [6, 6.07) is 0. The summed E-state index contributed by atoms with van der Waals surface area (Å²) in [5.74, 6) is -0.751. The maximum absolute atomic E-state index is 10.3. The number of carbonyl (C=O) groups is 1. The second kappa shape index (κ2) is 2.29. The topological polar surface area (TPSA) is 37.3 Å². The molecule has 0 atom stereocenters. The predicted octanol–water partition coefficient (Wildman–Crippen LogP) is 1.59. The molecule has 1 aliphatic carbocycles. The van der Waals surface area contributed by atoms with Gasteiger partial charge in [-0.2, -0.15) is 0 Å². The van der Waals surface area contributed by atoms with Crippen LogP contribution in [-0.4, -0.2) is 11.1 Å². The minimum atomic E-state index is -0.751. The molecule has 1 rings (SSSR count). The van der Waals surface area contributed by atoms with E-state index in [1.54, 1.807) is 0 Å². The van der Waals surface area contributed by atoms with Crippen LogP contribution in [0.1, 0.15) is 13.3 Å². The second-order valence-electron chi connectivity index (χ2n) is 2.79. The number of carboxylic acid groups (broad SMARTS) is 1. The quantitative estimate of drug-likeness (QED) is 0.629. The highest BCUT2D eigenvalue weighted by Gasteiger charge is 2.22. The molecule has 0 amide bonds. The van der Waals surface area contributed by atoms with E-state index in [0.29, 0.717) is 0 Å². The molecule has 0 fully saturated rings. The van der Waals surface area contributed by atoms with Gasteiger partial charge >= 0.3 is 5.97 Å². The molecular weight excluding hydrogens is 128 g/mol. The SMILES string of the molecule is CC1(CC(=O)O)C=CC=C1. The van der Waals surface area contributed by atoms with Crippen LogP contribution in [0.25, 0.3) is 0 Å². The molecule has 1 N–H and O–H groups in total. The monoisotopic (exact) mass is 138 g/mol. The molecule has 0 aromatic heterocycles. The Morgan fingerprint density at radius 1 is 1.50 bits per heavy atom. The fourth-order valence-corrected chi connectivity index (χ4v) is 1.05. The molecule has 0 saturated carbocycles. The van der Waals surface area contributed by atoms with Gasteiger partial charge in [-0.3, -0.25) is 4.79 Å². The summed E-state index contributed by atoms with van der Waals surface area (Å²) in [4.78, 5) is 10.3. The van der Waals surface area contributed by atoms with Crippen molar-refractivity contribution < 1.29 is 9.90 Å². The molecule has 0 saturated heterocycles. The van der Waals surface area contributed by atoms with E-state index in [1.165, 1.54) is 0 Å². The Kier molecular flexibility index (Phi) is 1.62. The van der Waals surface area contributed by atoms with Crippen LogP contribution in [0.3, 0.4) is 0 Å². The number of carboxylic acids is 1. The van der Waals surface area contributed by atoms with Crippen molar-refractivity contribution in [1.29, 1.82) is 0 Å². The molecule has 0 unspecified atom stereocenters. The Morgan fingerprint density at radius 2 is 2.00 bits per heavy atom. The van der Waals surface area contributed by atoms with E-state index < -0.39 is 5.97 Å². The van der Waals surface area contributed by atoms with Gasteiger partial charge in [-0.05, 0) is 0 Å². The third kappa shape index (κ3) is 1.47. The van der Waals surface area contributed by atoms with E-state index >= 15 is 0 Å². The number of hydrogen-bond acceptors (Lipinski definition) is 1. The van der Waals surface area contributed by atoms with Gasteiger partial charge in [0.05, 0.1) is 6.42 Å². The third-order valence-electron chi connectivity index (χ3n) is 1.60. The number of rotatable bonds is 2. The van der Waals surface area contributed by atoms with Gasteiger partial charge in [0.25, 0.3) is 0 Å². The van der Waals surface area contributed by atoms with Crippen molar-refractivity contribution in [3.63, 3.8) is 0 Å². The molecule has 0 aromatic rings. The van der Waals surface area contributed by atoms with Crippen LogP contribution in [0, 0.1) is 5.41 Å². The summed E-state index contributed by atoms with van der Waals surface area (Å²) in [6.45, 7) is 1.90. The first-order chi connectivity index (χ1) is 4.62. The first kappa shape index (κ1) is 7.06. The van der Waals surface area contributed by atoms with Crippen LogP contribution < -0.4 is 0 Å². The summed E-state index contributed by atoms with van der Waals surface area (Å²) in [7, 11) is 0. The van der Waals surface area contributed by atoms with Crippen molar-refractivity contribution >= 4 is 5.97 Å². The fourth-order valence-electron chi connectivity index (χ4n) is 1.05. The third-order valence-corrected chi connectivity index (χ3v) is 1.60. The smallest absolute Gasteiger partial charge is 0.304 e. The van der Waals surface area contributed by atoms with Crippen molar-refractivity contribution in [3.05, 3.63) is 24.3 Å². The molecule has 2 heteroatoms. The Labute approximate surface area is 59.9 Å². The van der Waals surface area contributed by atoms with Gasteiger partial charge in [0, 0.05) is 5.41 Å². The van der Waals surface area contributed by atoms with Crippen molar-refractivity contribution in [2.24, 2.45) is 5.41 Å². The summed E-state index contributed by atoms with van der Waals surface area (Å²) in [5.41, 5.74) is -0.244. The lowest BCUT2D eigenvalue weighted by Gasteiger charge is -2.14. The van der Waals surface area contributed by atoms with Gasteiger partial charge in [-0.25, -0.2) is 0 Å². The second-order valence-corrected chi connectivity index (χ2v) is 2.79. The number of aliphatic carboxylic acids is 1. The lowest BCUT2D eigenvalue weighted by atomic mass is 9.89. The Bertz CT molecular complexity index is 189. The maximum Gasteiger partial charge on any atom is 0.304 e. The van der Waals surface area contributed by atoms with Gasteiger partial charge in [-0.1, -0.05) is 31.2 Å². The molecule has 0 bridgehead atoms. The van der Waals surface area contributed by atoms with E-state index in [0.717, 1.165) is 0 Å². The standard InChI is InChI=1S/C8H10O2/c1-8(6-7(9)10)4-2-3-5-8/h2-5H,6H2,1H3,(H,9,10). The zero-order valence-corrected chi connectivity index (χ0v) is 5.87.